The van der Waals surface area contributed by atoms with Crippen LogP contribution in [0.4, 0.5) is 5.95 Å². The molecule has 1 aliphatic rings. The van der Waals surface area contributed by atoms with Crippen molar-refractivity contribution in [1.82, 2.24) is 14.8 Å². The van der Waals surface area contributed by atoms with Crippen molar-refractivity contribution in [2.75, 3.05) is 38.3 Å². The van der Waals surface area contributed by atoms with Crippen LogP contribution in [0, 0.1) is 0 Å². The Kier molecular flexibility index (Phi) is 6.89. The van der Waals surface area contributed by atoms with Gasteiger partial charge in [0, 0.05) is 30.0 Å². The quantitative estimate of drug-likeness (QED) is 0.393. The maximum Gasteiger partial charge on any atom is 0.228 e. The van der Waals surface area contributed by atoms with E-state index in [0.717, 1.165) is 35.5 Å². The molecule has 0 aliphatic carbocycles. The molecule has 2 aromatic carbocycles. The summed E-state index contributed by atoms with van der Waals surface area (Å²) in [4.78, 5) is 14.0. The molecule has 1 saturated heterocycles. The van der Waals surface area contributed by atoms with Gasteiger partial charge in [-0.3, -0.25) is 9.36 Å². The summed E-state index contributed by atoms with van der Waals surface area (Å²) in [6.45, 7) is 5.24. The second-order valence-electron chi connectivity index (χ2n) is 7.33. The van der Waals surface area contributed by atoms with E-state index in [1.54, 1.807) is 31.9 Å². The van der Waals surface area contributed by atoms with E-state index in [0.29, 0.717) is 31.1 Å². The highest BCUT2D eigenvalue weighted by atomic mass is 32.2. The van der Waals surface area contributed by atoms with Crippen LogP contribution in [0.15, 0.2) is 53.7 Å². The SMILES string of the molecule is COc1ccc(C(C)=O)cc1CSc1nnc(N2CCOCC2)n1Cc1ccccc1. The number of rotatable bonds is 8. The Morgan fingerprint density at radius 2 is 1.90 bits per heavy atom. The summed E-state index contributed by atoms with van der Waals surface area (Å²) in [5.74, 6) is 2.29. The van der Waals surface area contributed by atoms with Gasteiger partial charge in [-0.15, -0.1) is 10.2 Å². The lowest BCUT2D eigenvalue weighted by atomic mass is 10.1. The number of aromatic nitrogens is 3. The van der Waals surface area contributed by atoms with Gasteiger partial charge in [0.2, 0.25) is 5.95 Å². The number of methoxy groups -OCH3 is 1. The molecule has 7 nitrogen and oxygen atoms in total. The normalized spacial score (nSPS) is 13.9. The number of hydrogen-bond acceptors (Lipinski definition) is 7. The van der Waals surface area contributed by atoms with Crippen LogP contribution in [-0.4, -0.2) is 54.0 Å². The second-order valence-corrected chi connectivity index (χ2v) is 8.27. The third-order valence-corrected chi connectivity index (χ3v) is 6.23. The topological polar surface area (TPSA) is 69.5 Å². The molecule has 3 aromatic rings. The molecule has 0 saturated carbocycles. The Hall–Kier alpha value is -2.84. The van der Waals surface area contributed by atoms with Crippen LogP contribution in [0.25, 0.3) is 0 Å². The highest BCUT2D eigenvalue weighted by Gasteiger charge is 2.21. The van der Waals surface area contributed by atoms with Crippen LogP contribution in [0.1, 0.15) is 28.4 Å². The minimum atomic E-state index is 0.0377. The van der Waals surface area contributed by atoms with Crippen molar-refractivity contribution in [3.8, 4) is 5.75 Å². The van der Waals surface area contributed by atoms with Crippen molar-refractivity contribution in [2.24, 2.45) is 0 Å². The summed E-state index contributed by atoms with van der Waals surface area (Å²) in [6.07, 6.45) is 0. The third-order valence-electron chi connectivity index (χ3n) is 5.22. The van der Waals surface area contributed by atoms with Crippen LogP contribution in [-0.2, 0) is 17.0 Å². The molecule has 1 aromatic heterocycles. The summed E-state index contributed by atoms with van der Waals surface area (Å²) in [6, 6.07) is 15.9. The molecule has 2 heterocycles. The first-order valence-electron chi connectivity index (χ1n) is 10.3. The summed E-state index contributed by atoms with van der Waals surface area (Å²) in [7, 11) is 1.64. The van der Waals surface area contributed by atoms with Crippen LogP contribution >= 0.6 is 11.8 Å². The molecule has 4 rings (SSSR count). The second kappa shape index (κ2) is 9.98. The molecule has 31 heavy (non-hydrogen) atoms. The van der Waals surface area contributed by atoms with E-state index in [1.807, 2.05) is 30.3 Å². The average molecular weight is 439 g/mol. The molecule has 0 atom stereocenters. The van der Waals surface area contributed by atoms with E-state index in [2.05, 4.69) is 31.8 Å². The van der Waals surface area contributed by atoms with Crippen molar-refractivity contribution in [1.29, 1.82) is 0 Å². The fourth-order valence-electron chi connectivity index (χ4n) is 3.54. The largest absolute Gasteiger partial charge is 0.496 e. The first-order valence-corrected chi connectivity index (χ1v) is 11.2. The molecule has 162 valence electrons. The number of ketones is 1. The zero-order valence-corrected chi connectivity index (χ0v) is 18.6. The highest BCUT2D eigenvalue weighted by molar-refractivity contribution is 7.98. The van der Waals surface area contributed by atoms with Gasteiger partial charge in [0.05, 0.1) is 26.9 Å². The molecular formula is C23H26N4O3S. The van der Waals surface area contributed by atoms with Crippen LogP contribution < -0.4 is 9.64 Å². The minimum Gasteiger partial charge on any atom is -0.496 e. The molecule has 0 spiro atoms. The number of benzene rings is 2. The Morgan fingerprint density at radius 3 is 2.61 bits per heavy atom. The van der Waals surface area contributed by atoms with Crippen molar-refractivity contribution in [3.05, 3.63) is 65.2 Å². The van der Waals surface area contributed by atoms with Crippen molar-refractivity contribution < 1.29 is 14.3 Å². The Morgan fingerprint density at radius 1 is 1.13 bits per heavy atom. The Balaban J connectivity index is 1.61. The molecule has 0 radical (unpaired) electrons. The molecule has 0 unspecified atom stereocenters. The first-order chi connectivity index (χ1) is 15.2. The zero-order valence-electron chi connectivity index (χ0n) is 17.8. The van der Waals surface area contributed by atoms with E-state index in [1.165, 1.54) is 5.56 Å². The highest BCUT2D eigenvalue weighted by Crippen LogP contribution is 2.30. The number of carbonyl (C=O) groups is 1. The lowest BCUT2D eigenvalue weighted by Gasteiger charge is -2.28. The maximum absolute atomic E-state index is 11.8. The van der Waals surface area contributed by atoms with Gasteiger partial charge >= 0.3 is 0 Å². The number of nitrogens with zero attached hydrogens (tertiary/aromatic N) is 4. The standard InChI is InChI=1S/C23H26N4O3S/c1-17(28)19-8-9-21(29-2)20(14-19)16-31-23-25-24-22(26-10-12-30-13-11-26)27(23)15-18-6-4-3-5-7-18/h3-9,14H,10-13,15-16H2,1-2H3. The number of morpholine rings is 1. The molecule has 8 heteroatoms. The van der Waals surface area contributed by atoms with E-state index < -0.39 is 0 Å². The molecule has 0 N–H and O–H groups in total. The molecule has 1 fully saturated rings. The van der Waals surface area contributed by atoms with Gasteiger partial charge in [-0.1, -0.05) is 42.1 Å². The van der Waals surface area contributed by atoms with E-state index in [-0.39, 0.29) is 5.78 Å². The lowest BCUT2D eigenvalue weighted by molar-refractivity contribution is 0.101. The van der Waals surface area contributed by atoms with Gasteiger partial charge in [-0.2, -0.15) is 0 Å². The van der Waals surface area contributed by atoms with Crippen LogP contribution in [0.5, 0.6) is 5.75 Å². The fraction of sp³-hybridized carbons (Fsp3) is 0.348. The van der Waals surface area contributed by atoms with Gasteiger partial charge < -0.3 is 14.4 Å². The Labute approximate surface area is 186 Å². The number of anilines is 1. The zero-order chi connectivity index (χ0) is 21.6. The number of Topliss-reactive ketones (excluding diaryl/α,β-unsaturated/α-hetero) is 1. The van der Waals surface area contributed by atoms with Gasteiger partial charge in [0.25, 0.3) is 0 Å². The van der Waals surface area contributed by atoms with Gasteiger partial charge in [0.1, 0.15) is 5.75 Å². The van der Waals surface area contributed by atoms with Gasteiger partial charge in [-0.25, -0.2) is 0 Å². The van der Waals surface area contributed by atoms with E-state index in [4.69, 9.17) is 9.47 Å². The average Bonchev–Trinajstić information content (AvgIpc) is 3.21. The first kappa shape index (κ1) is 21.4. The van der Waals surface area contributed by atoms with E-state index in [9.17, 15) is 4.79 Å². The van der Waals surface area contributed by atoms with Crippen molar-refractivity contribution >= 4 is 23.5 Å². The van der Waals surface area contributed by atoms with Gasteiger partial charge in [0.15, 0.2) is 10.9 Å². The molecular weight excluding hydrogens is 412 g/mol. The number of thioether (sulfide) groups is 1. The lowest BCUT2D eigenvalue weighted by Crippen LogP contribution is -2.38. The number of carbonyl (C=O) groups excluding carboxylic acids is 1. The molecule has 0 amide bonds. The fourth-order valence-corrected chi connectivity index (χ4v) is 4.45. The van der Waals surface area contributed by atoms with Crippen LogP contribution in [0.2, 0.25) is 0 Å². The smallest absolute Gasteiger partial charge is 0.228 e. The minimum absolute atomic E-state index is 0.0377. The molecule has 0 bridgehead atoms. The Bertz CT molecular complexity index is 1030. The third kappa shape index (κ3) is 5.08. The maximum atomic E-state index is 11.8. The molecule has 1 aliphatic heterocycles. The van der Waals surface area contributed by atoms with E-state index >= 15 is 0 Å². The van der Waals surface area contributed by atoms with Crippen molar-refractivity contribution in [3.63, 3.8) is 0 Å². The van der Waals surface area contributed by atoms with Gasteiger partial charge in [-0.05, 0) is 30.7 Å². The number of ether oxygens (including phenoxy) is 2. The summed E-state index contributed by atoms with van der Waals surface area (Å²) >= 11 is 1.59. The predicted octanol–water partition coefficient (Wildman–Crippen LogP) is 3.67. The summed E-state index contributed by atoms with van der Waals surface area (Å²) in [5, 5.41) is 9.85. The summed E-state index contributed by atoms with van der Waals surface area (Å²) in [5.41, 5.74) is 2.83. The summed E-state index contributed by atoms with van der Waals surface area (Å²) < 4.78 is 13.2. The number of hydrogen-bond donors (Lipinski definition) is 0. The van der Waals surface area contributed by atoms with Crippen LogP contribution in [0.3, 0.4) is 0 Å². The van der Waals surface area contributed by atoms with Crippen molar-refractivity contribution in [2.45, 2.75) is 24.4 Å². The predicted molar refractivity (Wildman–Crippen MR) is 121 cm³/mol. The monoisotopic (exact) mass is 438 g/mol.